The predicted molar refractivity (Wildman–Crippen MR) is 157 cm³/mol. The molecule has 2 nitrogen and oxygen atoms in total. The number of hydrogen-bond acceptors (Lipinski definition) is 2. The Kier molecular flexibility index (Phi) is 12.0. The minimum Gasteiger partial charge on any atom is -0.373 e. The highest BCUT2D eigenvalue weighted by atomic mass is 32.1. The van der Waals surface area contributed by atoms with Crippen LogP contribution in [-0.4, -0.2) is 22.1 Å². The summed E-state index contributed by atoms with van der Waals surface area (Å²) in [5.41, 5.74) is 5.27. The van der Waals surface area contributed by atoms with Crippen LogP contribution < -0.4 is 10.6 Å². The van der Waals surface area contributed by atoms with E-state index in [1.807, 2.05) is 0 Å². The van der Waals surface area contributed by atoms with Crippen molar-refractivity contribution in [3.8, 4) is 0 Å². The third kappa shape index (κ3) is 8.16. The average Bonchev–Trinajstić information content (AvgIpc) is 2.87. The molecule has 0 bridgehead atoms. The lowest BCUT2D eigenvalue weighted by Gasteiger charge is -2.28. The second-order valence-electron chi connectivity index (χ2n) is 10.3. The first-order chi connectivity index (χ1) is 16.6. The number of rotatable bonds is 11. The molecule has 0 amide bonds. The zero-order valence-electron chi connectivity index (χ0n) is 21.6. The van der Waals surface area contributed by atoms with Crippen LogP contribution in [-0.2, 0) is 0 Å². The highest BCUT2D eigenvalue weighted by Crippen LogP contribution is 2.32. The molecule has 3 rings (SSSR count). The number of thiocarbonyl (C=S) groups is 2. The van der Waals surface area contributed by atoms with Crippen molar-refractivity contribution in [2.24, 2.45) is 0 Å². The van der Waals surface area contributed by atoms with Crippen LogP contribution in [0.3, 0.4) is 0 Å². The average molecular weight is 499 g/mol. The molecule has 0 aromatic heterocycles. The van der Waals surface area contributed by atoms with E-state index in [9.17, 15) is 0 Å². The van der Waals surface area contributed by atoms with E-state index in [2.05, 4.69) is 48.7 Å². The van der Waals surface area contributed by atoms with Gasteiger partial charge in [0.15, 0.2) is 0 Å². The zero-order valence-corrected chi connectivity index (χ0v) is 23.2. The number of nitrogens with one attached hydrogen (secondary N) is 2. The Balaban J connectivity index is 1.94. The van der Waals surface area contributed by atoms with Crippen LogP contribution in [0.2, 0.25) is 0 Å². The topological polar surface area (TPSA) is 24.1 Å². The summed E-state index contributed by atoms with van der Waals surface area (Å²) >= 11 is 12.1. The van der Waals surface area contributed by atoms with Crippen molar-refractivity contribution < 1.29 is 0 Å². The summed E-state index contributed by atoms with van der Waals surface area (Å²) in [7, 11) is 0. The van der Waals surface area contributed by atoms with E-state index in [1.165, 1.54) is 112 Å². The van der Waals surface area contributed by atoms with Gasteiger partial charge in [0.1, 0.15) is 9.98 Å². The highest BCUT2D eigenvalue weighted by molar-refractivity contribution is 7.81. The van der Waals surface area contributed by atoms with Gasteiger partial charge in [-0.05, 0) is 68.1 Å². The number of benzene rings is 1. The van der Waals surface area contributed by atoms with E-state index in [1.54, 1.807) is 0 Å². The molecule has 0 atom stereocenters. The van der Waals surface area contributed by atoms with Crippen molar-refractivity contribution in [3.05, 3.63) is 41.0 Å². The van der Waals surface area contributed by atoms with Crippen LogP contribution >= 0.6 is 24.4 Å². The predicted octanol–water partition coefficient (Wildman–Crippen LogP) is 8.67. The first kappa shape index (κ1) is 27.3. The molecule has 34 heavy (non-hydrogen) atoms. The van der Waals surface area contributed by atoms with Crippen molar-refractivity contribution in [2.45, 2.75) is 129 Å². The standard InChI is InChI=1S/C30H46N2S2/c1-3-5-19-25(27(20-6-4-2)29(33)31-23-15-9-7-10-16-23)26-21-13-14-22-28(26)30(34)32-24-17-11-8-12-18-24/h13-14,21-24H,3-12,15-20H2,1-2H3,(H,31,33)(H,32,34)/b27-25-. The van der Waals surface area contributed by atoms with E-state index in [0.717, 1.165) is 22.8 Å². The molecule has 2 aliphatic carbocycles. The van der Waals surface area contributed by atoms with Gasteiger partial charge in [-0.1, -0.05) is 114 Å². The SMILES string of the molecule is CCCC/C(C(=S)NC1CCCCC1)=C(\CCCC)c1ccccc1C(=S)NC1CCCCC1. The summed E-state index contributed by atoms with van der Waals surface area (Å²) in [6, 6.07) is 9.86. The maximum atomic E-state index is 6.12. The van der Waals surface area contributed by atoms with Crippen LogP contribution in [0.1, 0.15) is 128 Å². The summed E-state index contributed by atoms with van der Waals surface area (Å²) in [6.45, 7) is 4.56. The van der Waals surface area contributed by atoms with Crippen LogP contribution in [0.4, 0.5) is 0 Å². The van der Waals surface area contributed by atoms with Crippen LogP contribution in [0.15, 0.2) is 29.8 Å². The number of allylic oxidation sites excluding steroid dienone is 1. The van der Waals surface area contributed by atoms with Gasteiger partial charge in [-0.25, -0.2) is 0 Å². The lowest BCUT2D eigenvalue weighted by Crippen LogP contribution is -2.37. The van der Waals surface area contributed by atoms with Gasteiger partial charge in [0.2, 0.25) is 0 Å². The summed E-state index contributed by atoms with van der Waals surface area (Å²) < 4.78 is 0. The molecule has 0 aliphatic heterocycles. The van der Waals surface area contributed by atoms with E-state index in [0.29, 0.717) is 12.1 Å². The van der Waals surface area contributed by atoms with Gasteiger partial charge in [0, 0.05) is 17.6 Å². The molecule has 1 aromatic carbocycles. The molecule has 2 N–H and O–H groups in total. The highest BCUT2D eigenvalue weighted by Gasteiger charge is 2.22. The van der Waals surface area contributed by atoms with Gasteiger partial charge in [0.25, 0.3) is 0 Å². The first-order valence-corrected chi connectivity index (χ1v) is 14.9. The van der Waals surface area contributed by atoms with Gasteiger partial charge in [-0.2, -0.15) is 0 Å². The monoisotopic (exact) mass is 498 g/mol. The smallest absolute Gasteiger partial charge is 0.107 e. The summed E-state index contributed by atoms with van der Waals surface area (Å²) in [5.74, 6) is 0. The Morgan fingerprint density at radius 1 is 0.735 bits per heavy atom. The molecule has 1 aromatic rings. The quantitative estimate of drug-likeness (QED) is 0.235. The van der Waals surface area contributed by atoms with Gasteiger partial charge in [-0.15, -0.1) is 0 Å². The largest absolute Gasteiger partial charge is 0.373 e. The summed E-state index contributed by atoms with van der Waals surface area (Å²) in [5, 5.41) is 7.52. The second kappa shape index (κ2) is 15.0. The third-order valence-corrected chi connectivity index (χ3v) is 8.28. The van der Waals surface area contributed by atoms with Crippen LogP contribution in [0, 0.1) is 0 Å². The van der Waals surface area contributed by atoms with E-state index < -0.39 is 0 Å². The minimum absolute atomic E-state index is 0.519. The lowest BCUT2D eigenvalue weighted by molar-refractivity contribution is 0.414. The Hall–Kier alpha value is -1.26. The lowest BCUT2D eigenvalue weighted by atomic mass is 9.88. The Bertz CT molecular complexity index is 817. The van der Waals surface area contributed by atoms with Gasteiger partial charge < -0.3 is 10.6 Å². The van der Waals surface area contributed by atoms with E-state index >= 15 is 0 Å². The zero-order chi connectivity index (χ0) is 24.2. The van der Waals surface area contributed by atoms with Gasteiger partial charge in [0.05, 0.1) is 0 Å². The molecule has 2 aliphatic rings. The minimum atomic E-state index is 0.519. The number of unbranched alkanes of at least 4 members (excludes halogenated alkanes) is 2. The number of hydrogen-bond donors (Lipinski definition) is 2. The van der Waals surface area contributed by atoms with E-state index in [4.69, 9.17) is 24.4 Å². The Morgan fingerprint density at radius 2 is 1.26 bits per heavy atom. The van der Waals surface area contributed by atoms with Crippen molar-refractivity contribution in [1.29, 1.82) is 0 Å². The molecule has 2 fully saturated rings. The fourth-order valence-corrected chi connectivity index (χ4v) is 6.27. The Morgan fingerprint density at radius 3 is 1.85 bits per heavy atom. The Labute approximate surface area is 219 Å². The van der Waals surface area contributed by atoms with Crippen molar-refractivity contribution in [1.82, 2.24) is 10.6 Å². The molecule has 4 heteroatoms. The van der Waals surface area contributed by atoms with Crippen LogP contribution in [0.25, 0.3) is 5.57 Å². The van der Waals surface area contributed by atoms with Gasteiger partial charge in [-0.3, -0.25) is 0 Å². The summed E-state index contributed by atoms with van der Waals surface area (Å²) in [4.78, 5) is 1.91. The second-order valence-corrected chi connectivity index (χ2v) is 11.1. The third-order valence-electron chi connectivity index (χ3n) is 7.58. The maximum absolute atomic E-state index is 6.12. The molecule has 0 radical (unpaired) electrons. The molecule has 0 unspecified atom stereocenters. The van der Waals surface area contributed by atoms with Gasteiger partial charge >= 0.3 is 0 Å². The van der Waals surface area contributed by atoms with Crippen molar-refractivity contribution in [2.75, 3.05) is 0 Å². The molecule has 0 spiro atoms. The first-order valence-electron chi connectivity index (χ1n) is 14.1. The fourth-order valence-electron chi connectivity index (χ4n) is 5.53. The van der Waals surface area contributed by atoms with E-state index in [-0.39, 0.29) is 0 Å². The molecule has 0 saturated heterocycles. The summed E-state index contributed by atoms with van der Waals surface area (Å²) in [6.07, 6.45) is 19.8. The van der Waals surface area contributed by atoms with Crippen molar-refractivity contribution >= 4 is 40.0 Å². The van der Waals surface area contributed by atoms with Crippen LogP contribution in [0.5, 0.6) is 0 Å². The molecule has 188 valence electrons. The van der Waals surface area contributed by atoms with Crippen molar-refractivity contribution in [3.63, 3.8) is 0 Å². The molecule has 2 saturated carbocycles. The normalized spacial score (nSPS) is 18.3. The maximum Gasteiger partial charge on any atom is 0.107 e. The molecular formula is C30H46N2S2. The molecular weight excluding hydrogens is 452 g/mol. The molecule has 0 heterocycles. The fraction of sp³-hybridized carbons (Fsp3) is 0.667.